The van der Waals surface area contributed by atoms with Crippen molar-refractivity contribution in [3.63, 3.8) is 0 Å². The largest absolute Gasteiger partial charge is 0.332 e. The number of amides is 2. The second-order valence-electron chi connectivity index (χ2n) is 5.43. The van der Waals surface area contributed by atoms with Crippen molar-refractivity contribution in [2.24, 2.45) is 0 Å². The van der Waals surface area contributed by atoms with Gasteiger partial charge in [0.05, 0.1) is 0 Å². The van der Waals surface area contributed by atoms with E-state index in [4.69, 9.17) is 0 Å². The predicted octanol–water partition coefficient (Wildman–Crippen LogP) is 0.350. The third kappa shape index (κ3) is 2.29. The molecule has 1 saturated heterocycles. The molecular weight excluding hydrogens is 254 g/mol. The fourth-order valence-electron chi connectivity index (χ4n) is 2.81. The van der Waals surface area contributed by atoms with Crippen LogP contribution in [0, 0.1) is 0 Å². The summed E-state index contributed by atoms with van der Waals surface area (Å²) in [6.45, 7) is 3.54. The van der Waals surface area contributed by atoms with Crippen molar-refractivity contribution in [3.8, 4) is 0 Å². The number of hydrogen-bond acceptors (Lipinski definition) is 3. The molecule has 0 saturated carbocycles. The summed E-state index contributed by atoms with van der Waals surface area (Å²) >= 11 is 0. The van der Waals surface area contributed by atoms with Gasteiger partial charge in [-0.05, 0) is 25.1 Å². The number of carbonyl (C=O) groups is 2. The molecule has 5 nitrogen and oxygen atoms in total. The first-order valence-electron chi connectivity index (χ1n) is 7.04. The lowest BCUT2D eigenvalue weighted by molar-refractivity contribution is -0.145. The van der Waals surface area contributed by atoms with Crippen LogP contribution in [0.5, 0.6) is 0 Å². The Morgan fingerprint density at radius 3 is 2.40 bits per heavy atom. The highest BCUT2D eigenvalue weighted by Crippen LogP contribution is 2.27. The van der Waals surface area contributed by atoms with Gasteiger partial charge in [0.15, 0.2) is 0 Å². The number of rotatable bonds is 0. The van der Waals surface area contributed by atoms with Crippen molar-refractivity contribution in [2.45, 2.75) is 6.42 Å². The Hall–Kier alpha value is -1.88. The van der Waals surface area contributed by atoms with Crippen LogP contribution < -0.4 is 4.90 Å². The first-order valence-corrected chi connectivity index (χ1v) is 7.04. The van der Waals surface area contributed by atoms with Crippen molar-refractivity contribution in [3.05, 3.63) is 29.8 Å². The Kier molecular flexibility index (Phi) is 3.44. The fraction of sp³-hybridized carbons (Fsp3) is 0.467. The van der Waals surface area contributed by atoms with Gasteiger partial charge in [0, 0.05) is 38.4 Å². The molecule has 0 spiro atoms. The van der Waals surface area contributed by atoms with Gasteiger partial charge >= 0.3 is 11.8 Å². The number of para-hydroxylation sites is 1. The topological polar surface area (TPSA) is 43.9 Å². The zero-order valence-electron chi connectivity index (χ0n) is 11.7. The van der Waals surface area contributed by atoms with Crippen molar-refractivity contribution in [2.75, 3.05) is 44.7 Å². The summed E-state index contributed by atoms with van der Waals surface area (Å²) in [4.78, 5) is 30.2. The van der Waals surface area contributed by atoms with E-state index >= 15 is 0 Å². The standard InChI is InChI=1S/C15H19N3O2/c1-16-8-10-17(11-9-16)14(19)15(20)18-7-6-12-4-2-3-5-13(12)18/h2-5H,6-11H2,1H3. The Morgan fingerprint density at radius 2 is 1.65 bits per heavy atom. The lowest BCUT2D eigenvalue weighted by Crippen LogP contribution is -2.52. The quantitative estimate of drug-likeness (QED) is 0.641. The van der Waals surface area contributed by atoms with Crippen LogP contribution in [-0.2, 0) is 16.0 Å². The molecule has 2 aliphatic heterocycles. The lowest BCUT2D eigenvalue weighted by Gasteiger charge is -2.32. The van der Waals surface area contributed by atoms with Gasteiger partial charge in [-0.3, -0.25) is 9.59 Å². The number of anilines is 1. The maximum Gasteiger partial charge on any atom is 0.316 e. The first-order chi connectivity index (χ1) is 9.66. The average Bonchev–Trinajstić information content (AvgIpc) is 2.90. The summed E-state index contributed by atoms with van der Waals surface area (Å²) in [6, 6.07) is 7.81. The van der Waals surface area contributed by atoms with Gasteiger partial charge in [-0.2, -0.15) is 0 Å². The minimum atomic E-state index is -0.389. The number of nitrogens with zero attached hydrogens (tertiary/aromatic N) is 3. The lowest BCUT2D eigenvalue weighted by atomic mass is 10.2. The molecule has 5 heteroatoms. The van der Waals surface area contributed by atoms with E-state index in [1.54, 1.807) is 9.80 Å². The Labute approximate surface area is 118 Å². The smallest absolute Gasteiger partial charge is 0.316 e. The van der Waals surface area contributed by atoms with E-state index in [0.717, 1.165) is 30.8 Å². The van der Waals surface area contributed by atoms with E-state index in [1.807, 2.05) is 31.3 Å². The highest BCUT2D eigenvalue weighted by Gasteiger charge is 2.32. The number of benzene rings is 1. The molecule has 0 atom stereocenters. The number of fused-ring (bicyclic) bond motifs is 1. The van der Waals surface area contributed by atoms with E-state index in [1.165, 1.54) is 0 Å². The molecule has 1 aromatic rings. The molecule has 20 heavy (non-hydrogen) atoms. The van der Waals surface area contributed by atoms with E-state index in [2.05, 4.69) is 4.90 Å². The van der Waals surface area contributed by atoms with Crippen molar-refractivity contribution in [1.29, 1.82) is 0 Å². The number of hydrogen-bond donors (Lipinski definition) is 0. The van der Waals surface area contributed by atoms with Crippen LogP contribution in [0.1, 0.15) is 5.56 Å². The molecule has 3 rings (SSSR count). The molecule has 0 aliphatic carbocycles. The zero-order chi connectivity index (χ0) is 14.1. The van der Waals surface area contributed by atoms with Crippen molar-refractivity contribution in [1.82, 2.24) is 9.80 Å². The molecule has 0 unspecified atom stereocenters. The highest BCUT2D eigenvalue weighted by molar-refractivity contribution is 6.40. The van der Waals surface area contributed by atoms with E-state index in [-0.39, 0.29) is 11.8 Å². The molecule has 106 valence electrons. The van der Waals surface area contributed by atoms with Gasteiger partial charge < -0.3 is 14.7 Å². The molecule has 2 amide bonds. The van der Waals surface area contributed by atoms with Crippen LogP contribution >= 0.6 is 0 Å². The third-order valence-electron chi connectivity index (χ3n) is 4.11. The molecule has 0 bridgehead atoms. The summed E-state index contributed by atoms with van der Waals surface area (Å²) in [7, 11) is 2.03. The fourth-order valence-corrected chi connectivity index (χ4v) is 2.81. The average molecular weight is 273 g/mol. The summed E-state index contributed by atoms with van der Waals surface area (Å²) in [5.74, 6) is -0.755. The maximum atomic E-state index is 12.4. The molecular formula is C15H19N3O2. The highest BCUT2D eigenvalue weighted by atomic mass is 16.2. The van der Waals surface area contributed by atoms with Crippen LogP contribution in [0.15, 0.2) is 24.3 Å². The van der Waals surface area contributed by atoms with Crippen LogP contribution in [0.4, 0.5) is 5.69 Å². The first kappa shape index (κ1) is 13.1. The van der Waals surface area contributed by atoms with Gasteiger partial charge in [-0.1, -0.05) is 18.2 Å². The minimum Gasteiger partial charge on any atom is -0.332 e. The zero-order valence-corrected chi connectivity index (χ0v) is 11.7. The summed E-state index contributed by atoms with van der Waals surface area (Å²) in [5.41, 5.74) is 2.03. The summed E-state index contributed by atoms with van der Waals surface area (Å²) in [6.07, 6.45) is 0.831. The third-order valence-corrected chi connectivity index (χ3v) is 4.11. The Balaban J connectivity index is 1.72. The predicted molar refractivity (Wildman–Crippen MR) is 76.6 cm³/mol. The second-order valence-corrected chi connectivity index (χ2v) is 5.43. The summed E-state index contributed by atoms with van der Waals surface area (Å²) in [5, 5.41) is 0. The molecule has 2 aliphatic rings. The van der Waals surface area contributed by atoms with Crippen LogP contribution in [0.2, 0.25) is 0 Å². The summed E-state index contributed by atoms with van der Waals surface area (Å²) < 4.78 is 0. The van der Waals surface area contributed by atoms with E-state index in [9.17, 15) is 9.59 Å². The van der Waals surface area contributed by atoms with Crippen LogP contribution in [-0.4, -0.2) is 61.4 Å². The number of piperazine rings is 1. The molecule has 0 radical (unpaired) electrons. The Bertz CT molecular complexity index is 536. The molecule has 0 N–H and O–H groups in total. The van der Waals surface area contributed by atoms with Crippen LogP contribution in [0.3, 0.4) is 0 Å². The second kappa shape index (κ2) is 5.25. The number of likely N-dealkylation sites (N-methyl/N-ethyl adjacent to an activating group) is 1. The normalized spacial score (nSPS) is 19.1. The van der Waals surface area contributed by atoms with Gasteiger partial charge in [0.25, 0.3) is 0 Å². The van der Waals surface area contributed by atoms with E-state index in [0.29, 0.717) is 19.6 Å². The van der Waals surface area contributed by atoms with Crippen molar-refractivity contribution < 1.29 is 9.59 Å². The van der Waals surface area contributed by atoms with Gasteiger partial charge in [-0.25, -0.2) is 0 Å². The SMILES string of the molecule is CN1CCN(C(=O)C(=O)N2CCc3ccccc32)CC1. The van der Waals surface area contributed by atoms with E-state index < -0.39 is 0 Å². The molecule has 1 fully saturated rings. The van der Waals surface area contributed by atoms with Gasteiger partial charge in [0.2, 0.25) is 0 Å². The van der Waals surface area contributed by atoms with Gasteiger partial charge in [-0.15, -0.1) is 0 Å². The monoisotopic (exact) mass is 273 g/mol. The van der Waals surface area contributed by atoms with Gasteiger partial charge in [0.1, 0.15) is 0 Å². The molecule has 0 aromatic heterocycles. The Morgan fingerprint density at radius 1 is 0.950 bits per heavy atom. The maximum absolute atomic E-state index is 12.4. The van der Waals surface area contributed by atoms with Crippen LogP contribution in [0.25, 0.3) is 0 Å². The van der Waals surface area contributed by atoms with Crippen molar-refractivity contribution >= 4 is 17.5 Å². The minimum absolute atomic E-state index is 0.366. The molecule has 2 heterocycles. The number of carbonyl (C=O) groups excluding carboxylic acids is 2. The molecule has 1 aromatic carbocycles.